The van der Waals surface area contributed by atoms with E-state index in [1.165, 1.54) is 0 Å². The van der Waals surface area contributed by atoms with Crippen molar-refractivity contribution in [3.05, 3.63) is 72.1 Å². The summed E-state index contributed by atoms with van der Waals surface area (Å²) in [5.74, 6) is 0.780. The first-order chi connectivity index (χ1) is 14.1. The van der Waals surface area contributed by atoms with Crippen LogP contribution in [0.5, 0.6) is 0 Å². The van der Waals surface area contributed by atoms with E-state index in [0.29, 0.717) is 17.9 Å². The van der Waals surface area contributed by atoms with E-state index in [0.717, 1.165) is 41.6 Å². The number of rotatable bonds is 4. The maximum absolute atomic E-state index is 13.0. The number of benzene rings is 2. The Morgan fingerprint density at radius 3 is 2.48 bits per heavy atom. The molecule has 1 fully saturated rings. The lowest BCUT2D eigenvalue weighted by molar-refractivity contribution is 0.0269. The average Bonchev–Trinajstić information content (AvgIpc) is 2.79. The number of hydrogen-bond donors (Lipinski definition) is 0. The molecule has 0 aliphatic carbocycles. The normalized spacial score (nSPS) is 16.6. The molecule has 1 atom stereocenters. The van der Waals surface area contributed by atoms with E-state index < -0.39 is 0 Å². The minimum atomic E-state index is 0.0678. The molecule has 0 unspecified atom stereocenters. The molecule has 1 aliphatic rings. The highest BCUT2D eigenvalue weighted by Gasteiger charge is 2.24. The van der Waals surface area contributed by atoms with Gasteiger partial charge in [0.05, 0.1) is 6.10 Å². The van der Waals surface area contributed by atoms with Gasteiger partial charge in [-0.1, -0.05) is 36.4 Å². The molecule has 3 aromatic rings. The first-order valence-corrected chi connectivity index (χ1v) is 9.95. The number of aromatic nitrogens is 2. The van der Waals surface area contributed by atoms with Crippen LogP contribution in [0, 0.1) is 6.92 Å². The highest BCUT2D eigenvalue weighted by molar-refractivity contribution is 5.95. The van der Waals surface area contributed by atoms with E-state index >= 15 is 0 Å². The van der Waals surface area contributed by atoms with Crippen LogP contribution < -0.4 is 0 Å². The molecule has 1 aliphatic heterocycles. The lowest BCUT2D eigenvalue weighted by Crippen LogP contribution is -2.42. The number of hydrogen-bond acceptors (Lipinski definition) is 4. The summed E-state index contributed by atoms with van der Waals surface area (Å²) in [4.78, 5) is 23.6. The Hall–Kier alpha value is -3.05. The maximum Gasteiger partial charge on any atom is 0.253 e. The van der Waals surface area contributed by atoms with Crippen LogP contribution in [0.15, 0.2) is 60.9 Å². The minimum Gasteiger partial charge on any atom is -0.380 e. The van der Waals surface area contributed by atoms with Crippen molar-refractivity contribution in [2.45, 2.75) is 25.9 Å². The van der Waals surface area contributed by atoms with Crippen molar-refractivity contribution in [2.75, 3.05) is 20.2 Å². The first kappa shape index (κ1) is 19.3. The summed E-state index contributed by atoms with van der Waals surface area (Å²) >= 11 is 0. The predicted octanol–water partition coefficient (Wildman–Crippen LogP) is 4.37. The molecule has 0 N–H and O–H groups in total. The Balaban J connectivity index is 1.54. The minimum absolute atomic E-state index is 0.0678. The highest BCUT2D eigenvalue weighted by atomic mass is 16.5. The molecule has 1 aromatic heterocycles. The fraction of sp³-hybridized carbons (Fsp3) is 0.292. The molecule has 5 heteroatoms. The van der Waals surface area contributed by atoms with Crippen LogP contribution in [-0.4, -0.2) is 47.1 Å². The lowest BCUT2D eigenvalue weighted by atomic mass is 10.0. The van der Waals surface area contributed by atoms with Gasteiger partial charge in [0.1, 0.15) is 0 Å². The molecular formula is C24H25N3O2. The molecule has 29 heavy (non-hydrogen) atoms. The topological polar surface area (TPSA) is 55.3 Å². The molecule has 1 amide bonds. The van der Waals surface area contributed by atoms with Crippen molar-refractivity contribution in [1.29, 1.82) is 0 Å². The van der Waals surface area contributed by atoms with Crippen LogP contribution in [0.25, 0.3) is 22.5 Å². The van der Waals surface area contributed by atoms with Crippen LogP contribution in [0.4, 0.5) is 0 Å². The number of piperidine rings is 1. The summed E-state index contributed by atoms with van der Waals surface area (Å²) in [6.45, 7) is 3.42. The Labute approximate surface area is 171 Å². The van der Waals surface area contributed by atoms with Gasteiger partial charge in [-0.3, -0.25) is 4.79 Å². The number of carbonyl (C=O) groups is 1. The summed E-state index contributed by atoms with van der Waals surface area (Å²) in [5, 5.41) is 0. The van der Waals surface area contributed by atoms with Crippen LogP contribution in [-0.2, 0) is 4.74 Å². The van der Waals surface area contributed by atoms with Gasteiger partial charge in [-0.25, -0.2) is 9.97 Å². The zero-order valence-electron chi connectivity index (χ0n) is 16.8. The van der Waals surface area contributed by atoms with E-state index in [4.69, 9.17) is 4.74 Å². The van der Waals surface area contributed by atoms with Crippen molar-refractivity contribution in [2.24, 2.45) is 0 Å². The number of aryl methyl sites for hydroxylation is 1. The third-order valence-corrected chi connectivity index (χ3v) is 5.37. The number of likely N-dealkylation sites (tertiary alicyclic amines) is 1. The summed E-state index contributed by atoms with van der Waals surface area (Å²) in [5.41, 5.74) is 4.80. The van der Waals surface area contributed by atoms with Crippen molar-refractivity contribution in [1.82, 2.24) is 14.9 Å². The van der Waals surface area contributed by atoms with Gasteiger partial charge in [0.15, 0.2) is 5.82 Å². The molecule has 2 aromatic carbocycles. The summed E-state index contributed by atoms with van der Waals surface area (Å²) in [7, 11) is 1.71. The summed E-state index contributed by atoms with van der Waals surface area (Å²) in [6.07, 6.45) is 5.76. The van der Waals surface area contributed by atoms with Crippen molar-refractivity contribution >= 4 is 5.91 Å². The molecule has 0 saturated carbocycles. The Morgan fingerprint density at radius 2 is 1.76 bits per heavy atom. The highest BCUT2D eigenvalue weighted by Crippen LogP contribution is 2.25. The monoisotopic (exact) mass is 387 g/mol. The number of methoxy groups -OCH3 is 1. The van der Waals surface area contributed by atoms with E-state index in [2.05, 4.69) is 9.97 Å². The molecule has 1 saturated heterocycles. The molecule has 148 valence electrons. The molecule has 2 heterocycles. The third-order valence-electron chi connectivity index (χ3n) is 5.37. The van der Waals surface area contributed by atoms with E-state index in [1.54, 1.807) is 7.11 Å². The summed E-state index contributed by atoms with van der Waals surface area (Å²) < 4.78 is 5.45. The fourth-order valence-electron chi connectivity index (χ4n) is 3.68. The molecule has 0 radical (unpaired) electrons. The van der Waals surface area contributed by atoms with E-state index in [1.807, 2.05) is 72.7 Å². The Kier molecular flexibility index (Phi) is 5.67. The standard InChI is InChI=1S/C24H25N3O2/c1-17-14-25-23(26-15-17)19-10-8-18(9-11-19)20-5-3-6-21(13-20)24(28)27-12-4-7-22(16-27)29-2/h3,5-6,8-11,13-15,22H,4,7,12,16H2,1-2H3/t22-/m0/s1. The van der Waals surface area contributed by atoms with Gasteiger partial charge in [0, 0.05) is 43.7 Å². The number of ether oxygens (including phenoxy) is 1. The molecule has 5 nitrogen and oxygen atoms in total. The lowest BCUT2D eigenvalue weighted by Gasteiger charge is -2.32. The van der Waals surface area contributed by atoms with Gasteiger partial charge in [-0.2, -0.15) is 0 Å². The average molecular weight is 387 g/mol. The zero-order valence-corrected chi connectivity index (χ0v) is 16.8. The number of carbonyl (C=O) groups excluding carboxylic acids is 1. The van der Waals surface area contributed by atoms with Gasteiger partial charge in [0.25, 0.3) is 5.91 Å². The van der Waals surface area contributed by atoms with Crippen LogP contribution in [0.3, 0.4) is 0 Å². The maximum atomic E-state index is 13.0. The third kappa shape index (κ3) is 4.35. The van der Waals surface area contributed by atoms with Gasteiger partial charge in [-0.15, -0.1) is 0 Å². The zero-order chi connectivity index (χ0) is 20.2. The van der Waals surface area contributed by atoms with Gasteiger partial charge < -0.3 is 9.64 Å². The van der Waals surface area contributed by atoms with Crippen molar-refractivity contribution in [3.8, 4) is 22.5 Å². The molecule has 0 bridgehead atoms. The van der Waals surface area contributed by atoms with Crippen LogP contribution in [0.2, 0.25) is 0 Å². The second kappa shape index (κ2) is 8.53. The van der Waals surface area contributed by atoms with Gasteiger partial charge in [0.2, 0.25) is 0 Å². The predicted molar refractivity (Wildman–Crippen MR) is 114 cm³/mol. The molecule has 0 spiro atoms. The van der Waals surface area contributed by atoms with Gasteiger partial charge in [-0.05, 0) is 48.6 Å². The smallest absolute Gasteiger partial charge is 0.253 e. The number of nitrogens with zero attached hydrogens (tertiary/aromatic N) is 3. The quantitative estimate of drug-likeness (QED) is 0.667. The van der Waals surface area contributed by atoms with E-state index in [-0.39, 0.29) is 12.0 Å². The Morgan fingerprint density at radius 1 is 1.03 bits per heavy atom. The molecule has 4 rings (SSSR count). The second-order valence-corrected chi connectivity index (χ2v) is 7.49. The summed E-state index contributed by atoms with van der Waals surface area (Å²) in [6, 6.07) is 15.9. The largest absolute Gasteiger partial charge is 0.380 e. The SMILES string of the molecule is CO[C@H]1CCCN(C(=O)c2cccc(-c3ccc(-c4ncc(C)cn4)cc3)c2)C1. The first-order valence-electron chi connectivity index (χ1n) is 9.95. The van der Waals surface area contributed by atoms with E-state index in [9.17, 15) is 4.79 Å². The van der Waals surface area contributed by atoms with Crippen LogP contribution >= 0.6 is 0 Å². The second-order valence-electron chi connectivity index (χ2n) is 7.49. The number of amides is 1. The van der Waals surface area contributed by atoms with Gasteiger partial charge >= 0.3 is 0 Å². The molecular weight excluding hydrogens is 362 g/mol. The van der Waals surface area contributed by atoms with Crippen LogP contribution in [0.1, 0.15) is 28.8 Å². The van der Waals surface area contributed by atoms with Crippen molar-refractivity contribution < 1.29 is 9.53 Å². The van der Waals surface area contributed by atoms with Crippen molar-refractivity contribution in [3.63, 3.8) is 0 Å². The fourth-order valence-corrected chi connectivity index (χ4v) is 3.68. The Bertz CT molecular complexity index is 984.